The Balaban J connectivity index is 1.72. The number of aliphatic carboxylic acids is 1. The minimum absolute atomic E-state index is 0.155. The molecule has 1 aliphatic carbocycles. The molecule has 0 saturated carbocycles. The van der Waals surface area contributed by atoms with E-state index in [4.69, 9.17) is 16.3 Å². The quantitative estimate of drug-likeness (QED) is 0.480. The number of allylic oxidation sites excluding steroid dienone is 2. The van der Waals surface area contributed by atoms with Gasteiger partial charge in [-0.05, 0) is 88.9 Å². The maximum Gasteiger partial charge on any atom is 0.307 e. The molecule has 0 heterocycles. The second-order valence-corrected chi connectivity index (χ2v) is 7.49. The molecule has 3 aromatic carbocycles. The van der Waals surface area contributed by atoms with Crippen molar-refractivity contribution in [1.29, 1.82) is 0 Å². The molecule has 1 aliphatic rings. The molecule has 0 fully saturated rings. The highest BCUT2D eigenvalue weighted by Gasteiger charge is 2.25. The molecule has 0 aliphatic heterocycles. The number of hydrogen-bond acceptors (Lipinski definition) is 2. The molecular formula is C25H18ClFO3. The zero-order valence-electron chi connectivity index (χ0n) is 16.2. The SMILES string of the molecule is CC1=C(CC(=O)O)c2cc(F)ccc2/C1=C/c1cccc(Oc2cccc(Cl)c2)c1. The van der Waals surface area contributed by atoms with Crippen LogP contribution in [0.1, 0.15) is 30.0 Å². The molecule has 5 heteroatoms. The van der Waals surface area contributed by atoms with E-state index in [-0.39, 0.29) is 12.2 Å². The Hall–Kier alpha value is -3.37. The van der Waals surface area contributed by atoms with Gasteiger partial charge in [-0.2, -0.15) is 0 Å². The lowest BCUT2D eigenvalue weighted by Gasteiger charge is -2.08. The Morgan fingerprint density at radius 2 is 1.77 bits per heavy atom. The zero-order chi connectivity index (χ0) is 21.3. The van der Waals surface area contributed by atoms with Crippen molar-refractivity contribution in [2.45, 2.75) is 13.3 Å². The van der Waals surface area contributed by atoms with Crippen molar-refractivity contribution in [1.82, 2.24) is 0 Å². The number of rotatable bonds is 5. The standard InChI is InChI=1S/C25H18ClFO3/c1-15-22(21-9-8-18(27)13-24(21)23(15)14-25(28)29)11-16-4-2-6-19(10-16)30-20-7-3-5-17(26)12-20/h2-13H,14H2,1H3,(H,28,29)/b22-11+. The summed E-state index contributed by atoms with van der Waals surface area (Å²) in [6.07, 6.45) is 1.81. The van der Waals surface area contributed by atoms with Gasteiger partial charge < -0.3 is 9.84 Å². The summed E-state index contributed by atoms with van der Waals surface area (Å²) in [6, 6.07) is 19.2. The lowest BCUT2D eigenvalue weighted by molar-refractivity contribution is -0.135. The minimum Gasteiger partial charge on any atom is -0.481 e. The molecule has 0 unspecified atom stereocenters. The van der Waals surface area contributed by atoms with Gasteiger partial charge in [0.1, 0.15) is 17.3 Å². The van der Waals surface area contributed by atoms with E-state index in [0.29, 0.717) is 27.7 Å². The maximum absolute atomic E-state index is 13.8. The molecule has 3 nitrogen and oxygen atoms in total. The summed E-state index contributed by atoms with van der Waals surface area (Å²) in [5.41, 5.74) is 4.68. The summed E-state index contributed by atoms with van der Waals surface area (Å²) in [4.78, 5) is 11.3. The van der Waals surface area contributed by atoms with Crippen molar-refractivity contribution in [3.63, 3.8) is 0 Å². The number of carboxylic acid groups (broad SMARTS) is 1. The van der Waals surface area contributed by atoms with Gasteiger partial charge in [-0.3, -0.25) is 4.79 Å². The molecule has 0 atom stereocenters. The van der Waals surface area contributed by atoms with Gasteiger partial charge in [-0.1, -0.05) is 35.9 Å². The van der Waals surface area contributed by atoms with Crippen LogP contribution in [0.25, 0.3) is 17.2 Å². The molecule has 0 aromatic heterocycles. The molecule has 0 amide bonds. The molecule has 150 valence electrons. The van der Waals surface area contributed by atoms with Crippen LogP contribution in [0.15, 0.2) is 72.3 Å². The van der Waals surface area contributed by atoms with Crippen LogP contribution in [-0.2, 0) is 4.79 Å². The van der Waals surface area contributed by atoms with Crippen LogP contribution in [0, 0.1) is 5.82 Å². The highest BCUT2D eigenvalue weighted by Crippen LogP contribution is 2.44. The van der Waals surface area contributed by atoms with Crippen LogP contribution in [0.4, 0.5) is 4.39 Å². The molecule has 1 N–H and O–H groups in total. The van der Waals surface area contributed by atoms with Gasteiger partial charge in [-0.25, -0.2) is 4.39 Å². The van der Waals surface area contributed by atoms with Gasteiger partial charge in [0.2, 0.25) is 0 Å². The van der Waals surface area contributed by atoms with Crippen LogP contribution < -0.4 is 4.74 Å². The van der Waals surface area contributed by atoms with Gasteiger partial charge in [0, 0.05) is 5.02 Å². The third kappa shape index (κ3) is 4.14. The first-order valence-electron chi connectivity index (χ1n) is 9.38. The predicted octanol–water partition coefficient (Wildman–Crippen LogP) is 7.07. The first-order valence-corrected chi connectivity index (χ1v) is 9.76. The number of benzene rings is 3. The molecule has 0 spiro atoms. The van der Waals surface area contributed by atoms with Crippen LogP contribution >= 0.6 is 11.6 Å². The Labute approximate surface area is 178 Å². The van der Waals surface area contributed by atoms with E-state index in [2.05, 4.69) is 0 Å². The summed E-state index contributed by atoms with van der Waals surface area (Å²) >= 11 is 6.02. The highest BCUT2D eigenvalue weighted by molar-refractivity contribution is 6.30. The lowest BCUT2D eigenvalue weighted by Crippen LogP contribution is -1.97. The average molecular weight is 421 g/mol. The largest absolute Gasteiger partial charge is 0.481 e. The van der Waals surface area contributed by atoms with E-state index in [1.807, 2.05) is 49.4 Å². The predicted molar refractivity (Wildman–Crippen MR) is 117 cm³/mol. The van der Waals surface area contributed by atoms with Gasteiger partial charge in [0.25, 0.3) is 0 Å². The van der Waals surface area contributed by atoms with Crippen molar-refractivity contribution in [3.8, 4) is 11.5 Å². The summed E-state index contributed by atoms with van der Waals surface area (Å²) in [5, 5.41) is 9.88. The Morgan fingerprint density at radius 3 is 2.50 bits per heavy atom. The van der Waals surface area contributed by atoms with Crippen molar-refractivity contribution < 1.29 is 19.0 Å². The number of carbonyl (C=O) groups is 1. The number of ether oxygens (including phenoxy) is 1. The first-order chi connectivity index (χ1) is 14.4. The maximum atomic E-state index is 13.8. The van der Waals surface area contributed by atoms with Gasteiger partial charge in [0.05, 0.1) is 6.42 Å². The Kier molecular flexibility index (Phi) is 5.42. The minimum atomic E-state index is -0.947. The van der Waals surface area contributed by atoms with Gasteiger partial charge in [-0.15, -0.1) is 0 Å². The van der Waals surface area contributed by atoms with E-state index >= 15 is 0 Å². The van der Waals surface area contributed by atoms with Crippen LogP contribution in [-0.4, -0.2) is 11.1 Å². The molecule has 0 radical (unpaired) electrons. The van der Waals surface area contributed by atoms with Crippen LogP contribution in [0.3, 0.4) is 0 Å². The third-order valence-electron chi connectivity index (χ3n) is 4.98. The zero-order valence-corrected chi connectivity index (χ0v) is 16.9. The fourth-order valence-electron chi connectivity index (χ4n) is 3.63. The number of halogens is 2. The topological polar surface area (TPSA) is 46.5 Å². The number of hydrogen-bond donors (Lipinski definition) is 1. The fourth-order valence-corrected chi connectivity index (χ4v) is 3.81. The summed E-state index contributed by atoms with van der Waals surface area (Å²) in [6.45, 7) is 1.87. The number of fused-ring (bicyclic) bond motifs is 1. The lowest BCUT2D eigenvalue weighted by atomic mass is 10.0. The molecule has 0 bridgehead atoms. The highest BCUT2D eigenvalue weighted by atomic mass is 35.5. The molecule has 4 rings (SSSR count). The van der Waals surface area contributed by atoms with Gasteiger partial charge >= 0.3 is 5.97 Å². The average Bonchev–Trinajstić information content (AvgIpc) is 2.93. The Bertz CT molecular complexity index is 1210. The smallest absolute Gasteiger partial charge is 0.307 e. The van der Waals surface area contributed by atoms with E-state index in [0.717, 1.165) is 22.3 Å². The van der Waals surface area contributed by atoms with Crippen molar-refractivity contribution in [2.24, 2.45) is 0 Å². The van der Waals surface area contributed by atoms with Crippen LogP contribution in [0.5, 0.6) is 11.5 Å². The first kappa shape index (κ1) is 19.9. The summed E-state index contributed by atoms with van der Waals surface area (Å²) in [5.74, 6) is -0.0505. The fraction of sp³-hybridized carbons (Fsp3) is 0.0800. The molecular weight excluding hydrogens is 403 g/mol. The number of carboxylic acids is 1. The van der Waals surface area contributed by atoms with Crippen LogP contribution in [0.2, 0.25) is 5.02 Å². The molecule has 0 saturated heterocycles. The molecule has 3 aromatic rings. The second-order valence-electron chi connectivity index (χ2n) is 7.05. The summed E-state index contributed by atoms with van der Waals surface area (Å²) < 4.78 is 19.7. The van der Waals surface area contributed by atoms with E-state index in [1.165, 1.54) is 12.1 Å². The van der Waals surface area contributed by atoms with E-state index in [1.54, 1.807) is 18.2 Å². The summed E-state index contributed by atoms with van der Waals surface area (Å²) in [7, 11) is 0. The monoisotopic (exact) mass is 420 g/mol. The van der Waals surface area contributed by atoms with E-state index < -0.39 is 5.97 Å². The van der Waals surface area contributed by atoms with Gasteiger partial charge in [0.15, 0.2) is 0 Å². The molecule has 30 heavy (non-hydrogen) atoms. The third-order valence-corrected chi connectivity index (χ3v) is 5.22. The van der Waals surface area contributed by atoms with Crippen molar-refractivity contribution in [2.75, 3.05) is 0 Å². The Morgan fingerprint density at radius 1 is 1.03 bits per heavy atom. The van der Waals surface area contributed by atoms with E-state index in [9.17, 15) is 14.3 Å². The normalized spacial score (nSPS) is 14.2. The van der Waals surface area contributed by atoms with Crippen molar-refractivity contribution >= 4 is 34.8 Å². The van der Waals surface area contributed by atoms with Crippen molar-refractivity contribution in [3.05, 3.63) is 99.8 Å². The second kappa shape index (κ2) is 8.17.